The predicted octanol–water partition coefficient (Wildman–Crippen LogP) is 4.13. The summed E-state index contributed by atoms with van der Waals surface area (Å²) in [4.78, 5) is 12.1. The Bertz CT molecular complexity index is 597. The van der Waals surface area contributed by atoms with E-state index in [1.165, 1.54) is 5.56 Å². The van der Waals surface area contributed by atoms with Crippen molar-refractivity contribution in [3.05, 3.63) is 64.7 Å². The Morgan fingerprint density at radius 3 is 2.35 bits per heavy atom. The molecule has 2 heteroatoms. The summed E-state index contributed by atoms with van der Waals surface area (Å²) in [5, 5.41) is 0. The molecule has 0 saturated carbocycles. The summed E-state index contributed by atoms with van der Waals surface area (Å²) in [5.41, 5.74) is 4.16. The van der Waals surface area contributed by atoms with Crippen LogP contribution in [0.15, 0.2) is 42.5 Å². The summed E-state index contributed by atoms with van der Waals surface area (Å²) in [7, 11) is 0. The van der Waals surface area contributed by atoms with E-state index >= 15 is 0 Å². The average Bonchev–Trinajstić information content (AvgIpc) is 2.45. The van der Waals surface area contributed by atoms with Gasteiger partial charge in [-0.15, -0.1) is 0 Å². The number of hydrogen-bond donors (Lipinski definition) is 0. The van der Waals surface area contributed by atoms with Crippen LogP contribution in [0.1, 0.15) is 34.0 Å². The third kappa shape index (κ3) is 3.47. The lowest BCUT2D eigenvalue weighted by Crippen LogP contribution is -2.13. The van der Waals surface area contributed by atoms with Gasteiger partial charge in [0.1, 0.15) is 5.75 Å². The molecule has 0 aliphatic carbocycles. The first kappa shape index (κ1) is 14.3. The maximum absolute atomic E-state index is 12.1. The quantitative estimate of drug-likeness (QED) is 0.762. The number of carbonyl (C=O) groups is 1. The van der Waals surface area contributed by atoms with Gasteiger partial charge >= 0.3 is 0 Å². The molecular weight excluding hydrogens is 248 g/mol. The van der Waals surface area contributed by atoms with Gasteiger partial charge in [-0.25, -0.2) is 0 Å². The highest BCUT2D eigenvalue weighted by Crippen LogP contribution is 2.15. The zero-order valence-electron chi connectivity index (χ0n) is 12.3. The van der Waals surface area contributed by atoms with Crippen molar-refractivity contribution in [1.29, 1.82) is 0 Å². The fourth-order valence-electron chi connectivity index (χ4n) is 2.17. The van der Waals surface area contributed by atoms with Gasteiger partial charge in [0.25, 0.3) is 0 Å². The van der Waals surface area contributed by atoms with E-state index in [1.54, 1.807) is 0 Å². The number of benzene rings is 2. The number of carbonyl (C=O) groups excluding carboxylic acids is 1. The Morgan fingerprint density at radius 1 is 1.05 bits per heavy atom. The van der Waals surface area contributed by atoms with Gasteiger partial charge in [-0.05, 0) is 43.5 Å². The molecule has 2 nitrogen and oxygen atoms in total. The second kappa shape index (κ2) is 6.38. The molecule has 0 amide bonds. The van der Waals surface area contributed by atoms with E-state index in [9.17, 15) is 4.79 Å². The Morgan fingerprint density at radius 2 is 1.75 bits per heavy atom. The summed E-state index contributed by atoms with van der Waals surface area (Å²) in [5.74, 6) is 0.752. The smallest absolute Gasteiger partial charge is 0.200 e. The molecule has 2 rings (SSSR count). The molecule has 0 spiro atoms. The molecule has 2 aromatic carbocycles. The van der Waals surface area contributed by atoms with Crippen molar-refractivity contribution in [2.75, 3.05) is 6.61 Å². The van der Waals surface area contributed by atoms with Crippen molar-refractivity contribution in [1.82, 2.24) is 0 Å². The fourth-order valence-corrected chi connectivity index (χ4v) is 2.17. The van der Waals surface area contributed by atoms with Crippen LogP contribution in [-0.2, 0) is 6.42 Å². The van der Waals surface area contributed by atoms with Gasteiger partial charge in [-0.1, -0.05) is 42.8 Å². The molecule has 0 N–H and O–H groups in total. The summed E-state index contributed by atoms with van der Waals surface area (Å²) < 4.78 is 5.56. The minimum atomic E-state index is 0.0158. The first-order valence-electron chi connectivity index (χ1n) is 6.92. The molecule has 0 atom stereocenters. The Kier molecular flexibility index (Phi) is 4.57. The zero-order chi connectivity index (χ0) is 14.5. The lowest BCUT2D eigenvalue weighted by atomic mass is 10.0. The number of rotatable bonds is 5. The summed E-state index contributed by atoms with van der Waals surface area (Å²) in [6, 6.07) is 13.7. The molecular formula is C18H20O2. The lowest BCUT2D eigenvalue weighted by molar-refractivity contribution is 0.0921. The van der Waals surface area contributed by atoms with E-state index in [1.807, 2.05) is 56.3 Å². The molecule has 0 radical (unpaired) electrons. The van der Waals surface area contributed by atoms with Gasteiger partial charge in [0.05, 0.1) is 0 Å². The van der Waals surface area contributed by atoms with E-state index < -0.39 is 0 Å². The third-order valence-corrected chi connectivity index (χ3v) is 3.38. The van der Waals surface area contributed by atoms with Crippen molar-refractivity contribution in [3.63, 3.8) is 0 Å². The summed E-state index contributed by atoms with van der Waals surface area (Å²) in [6.07, 6.45) is 1.00. The standard InChI is InChI=1S/C18H20O2/c1-4-15-6-8-16(9-7-15)20-12-18(19)17-10-5-13(2)11-14(17)3/h5-11H,4,12H2,1-3H3. The van der Waals surface area contributed by atoms with Crippen LogP contribution in [0.5, 0.6) is 5.75 Å². The maximum atomic E-state index is 12.1. The largest absolute Gasteiger partial charge is 0.485 e. The van der Waals surface area contributed by atoms with Gasteiger partial charge in [-0.2, -0.15) is 0 Å². The highest BCUT2D eigenvalue weighted by Gasteiger charge is 2.09. The Balaban J connectivity index is 2.00. The second-order valence-electron chi connectivity index (χ2n) is 5.03. The lowest BCUT2D eigenvalue weighted by Gasteiger charge is -2.08. The number of ketones is 1. The van der Waals surface area contributed by atoms with Gasteiger partial charge in [-0.3, -0.25) is 4.79 Å². The zero-order valence-corrected chi connectivity index (χ0v) is 12.3. The number of ether oxygens (including phenoxy) is 1. The molecule has 0 aliphatic rings. The van der Waals surface area contributed by atoms with Crippen molar-refractivity contribution in [2.24, 2.45) is 0 Å². The van der Waals surface area contributed by atoms with Gasteiger partial charge in [0, 0.05) is 5.56 Å². The van der Waals surface area contributed by atoms with Crippen molar-refractivity contribution in [3.8, 4) is 5.75 Å². The molecule has 20 heavy (non-hydrogen) atoms. The van der Waals surface area contributed by atoms with Crippen LogP contribution in [0, 0.1) is 13.8 Å². The molecule has 0 heterocycles. The number of Topliss-reactive ketones (excluding diaryl/α,β-unsaturated/α-hetero) is 1. The minimum Gasteiger partial charge on any atom is -0.485 e. The predicted molar refractivity (Wildman–Crippen MR) is 81.6 cm³/mol. The van der Waals surface area contributed by atoms with Crippen LogP contribution in [0.4, 0.5) is 0 Å². The van der Waals surface area contributed by atoms with E-state index in [-0.39, 0.29) is 12.4 Å². The van der Waals surface area contributed by atoms with Crippen LogP contribution in [0.25, 0.3) is 0 Å². The van der Waals surface area contributed by atoms with Gasteiger partial charge in [0.2, 0.25) is 0 Å². The Labute approximate surface area is 120 Å². The first-order valence-corrected chi connectivity index (χ1v) is 6.92. The van der Waals surface area contributed by atoms with Crippen molar-refractivity contribution in [2.45, 2.75) is 27.2 Å². The van der Waals surface area contributed by atoms with Crippen molar-refractivity contribution >= 4 is 5.78 Å². The van der Waals surface area contributed by atoms with Crippen LogP contribution >= 0.6 is 0 Å². The Hall–Kier alpha value is -2.09. The third-order valence-electron chi connectivity index (χ3n) is 3.38. The summed E-state index contributed by atoms with van der Waals surface area (Å²) >= 11 is 0. The topological polar surface area (TPSA) is 26.3 Å². The van der Waals surface area contributed by atoms with Crippen LogP contribution in [0.2, 0.25) is 0 Å². The van der Waals surface area contributed by atoms with E-state index in [0.717, 1.165) is 28.9 Å². The van der Waals surface area contributed by atoms with E-state index in [2.05, 4.69) is 6.92 Å². The van der Waals surface area contributed by atoms with E-state index in [0.29, 0.717) is 0 Å². The number of hydrogen-bond acceptors (Lipinski definition) is 2. The molecule has 0 aliphatic heterocycles. The molecule has 2 aromatic rings. The average molecular weight is 268 g/mol. The summed E-state index contributed by atoms with van der Waals surface area (Å²) in [6.45, 7) is 6.16. The van der Waals surface area contributed by atoms with Crippen LogP contribution in [0.3, 0.4) is 0 Å². The molecule has 0 aromatic heterocycles. The van der Waals surface area contributed by atoms with E-state index in [4.69, 9.17) is 4.74 Å². The highest BCUT2D eigenvalue weighted by molar-refractivity contribution is 5.98. The maximum Gasteiger partial charge on any atom is 0.200 e. The van der Waals surface area contributed by atoms with Gasteiger partial charge in [0.15, 0.2) is 12.4 Å². The van der Waals surface area contributed by atoms with Crippen LogP contribution in [-0.4, -0.2) is 12.4 Å². The van der Waals surface area contributed by atoms with Crippen LogP contribution < -0.4 is 4.74 Å². The molecule has 0 fully saturated rings. The van der Waals surface area contributed by atoms with Gasteiger partial charge < -0.3 is 4.74 Å². The SMILES string of the molecule is CCc1ccc(OCC(=O)c2ccc(C)cc2C)cc1. The highest BCUT2D eigenvalue weighted by atomic mass is 16.5. The number of aryl methyl sites for hydroxylation is 3. The van der Waals surface area contributed by atoms with Crippen molar-refractivity contribution < 1.29 is 9.53 Å². The molecule has 0 saturated heterocycles. The molecule has 104 valence electrons. The fraction of sp³-hybridized carbons (Fsp3) is 0.278. The molecule has 0 unspecified atom stereocenters. The monoisotopic (exact) mass is 268 g/mol. The molecule has 0 bridgehead atoms. The first-order chi connectivity index (χ1) is 9.60. The second-order valence-corrected chi connectivity index (χ2v) is 5.03. The normalized spacial score (nSPS) is 10.3. The minimum absolute atomic E-state index is 0.0158.